The molecular weight excluding hydrogens is 358 g/mol. The molecule has 8 heteroatoms. The van der Waals surface area contributed by atoms with E-state index in [0.717, 1.165) is 0 Å². The van der Waals surface area contributed by atoms with Gasteiger partial charge in [0, 0.05) is 11.6 Å². The molecule has 26 heavy (non-hydrogen) atoms. The van der Waals surface area contributed by atoms with Crippen LogP contribution in [-0.4, -0.2) is 51.0 Å². The zero-order valence-corrected chi connectivity index (χ0v) is 15.5. The van der Waals surface area contributed by atoms with Crippen LogP contribution in [0.15, 0.2) is 41.0 Å². The number of ether oxygens (including phenoxy) is 2. The molecule has 0 saturated carbocycles. The normalized spacial score (nSPS) is 18.5. The fourth-order valence-electron chi connectivity index (χ4n) is 3.09. The molecule has 1 fully saturated rings. The predicted molar refractivity (Wildman–Crippen MR) is 95.2 cm³/mol. The minimum absolute atomic E-state index is 0.0350. The van der Waals surface area contributed by atoms with Crippen molar-refractivity contribution in [3.8, 4) is 11.5 Å². The van der Waals surface area contributed by atoms with Crippen molar-refractivity contribution in [1.82, 2.24) is 4.90 Å². The molecule has 1 aliphatic rings. The summed E-state index contributed by atoms with van der Waals surface area (Å²) in [7, 11) is -0.112. The maximum absolute atomic E-state index is 13.1. The molecule has 1 atom stereocenters. The van der Waals surface area contributed by atoms with E-state index in [2.05, 4.69) is 0 Å². The van der Waals surface area contributed by atoms with Crippen LogP contribution in [-0.2, 0) is 16.4 Å². The summed E-state index contributed by atoms with van der Waals surface area (Å²) in [4.78, 5) is 14.7. The number of nitrogens with zero attached hydrogens (tertiary/aromatic N) is 1. The van der Waals surface area contributed by atoms with E-state index in [0.29, 0.717) is 29.2 Å². The molecule has 0 aliphatic carbocycles. The van der Waals surface area contributed by atoms with Crippen LogP contribution < -0.4 is 9.47 Å². The van der Waals surface area contributed by atoms with Crippen LogP contribution in [0.5, 0.6) is 11.5 Å². The van der Waals surface area contributed by atoms with Gasteiger partial charge in [-0.2, -0.15) is 0 Å². The molecule has 2 aromatic rings. The number of hydrogen-bond acceptors (Lipinski definition) is 6. The Kier molecular flexibility index (Phi) is 5.22. The van der Waals surface area contributed by atoms with Crippen molar-refractivity contribution in [2.45, 2.75) is 19.0 Å². The van der Waals surface area contributed by atoms with Gasteiger partial charge < -0.3 is 18.8 Å². The largest absolute Gasteiger partial charge is 0.493 e. The Labute approximate surface area is 152 Å². The first-order chi connectivity index (χ1) is 12.4. The molecule has 1 aromatic heterocycles. The number of carbonyl (C=O) groups excluding carboxylic acids is 1. The highest BCUT2D eigenvalue weighted by Gasteiger charge is 2.35. The van der Waals surface area contributed by atoms with Crippen molar-refractivity contribution in [3.63, 3.8) is 0 Å². The maximum atomic E-state index is 13.1. The first-order valence-electron chi connectivity index (χ1n) is 8.19. The third-order valence-corrected chi connectivity index (χ3v) is 6.20. The van der Waals surface area contributed by atoms with Gasteiger partial charge in [-0.3, -0.25) is 4.79 Å². The van der Waals surface area contributed by atoms with E-state index in [-0.39, 0.29) is 30.0 Å². The number of sulfone groups is 1. The van der Waals surface area contributed by atoms with Gasteiger partial charge in [-0.25, -0.2) is 8.42 Å². The molecule has 1 aromatic carbocycles. The van der Waals surface area contributed by atoms with E-state index in [4.69, 9.17) is 13.9 Å². The lowest BCUT2D eigenvalue weighted by Crippen LogP contribution is -2.40. The van der Waals surface area contributed by atoms with Crippen LogP contribution in [0.2, 0.25) is 0 Å². The second-order valence-electron chi connectivity index (χ2n) is 6.14. The summed E-state index contributed by atoms with van der Waals surface area (Å²) in [5.74, 6) is 1.34. The summed E-state index contributed by atoms with van der Waals surface area (Å²) in [6, 6.07) is 8.01. The van der Waals surface area contributed by atoms with Crippen molar-refractivity contribution in [1.29, 1.82) is 0 Å². The van der Waals surface area contributed by atoms with E-state index < -0.39 is 9.84 Å². The monoisotopic (exact) mass is 379 g/mol. The van der Waals surface area contributed by atoms with Gasteiger partial charge in [0.25, 0.3) is 5.91 Å². The summed E-state index contributed by atoms with van der Waals surface area (Å²) in [5, 5.41) is 0. The van der Waals surface area contributed by atoms with Gasteiger partial charge in [0.2, 0.25) is 0 Å². The number of hydrogen-bond donors (Lipinski definition) is 0. The highest BCUT2D eigenvalue weighted by Crippen LogP contribution is 2.29. The van der Waals surface area contributed by atoms with Gasteiger partial charge in [-0.05, 0) is 36.8 Å². The van der Waals surface area contributed by atoms with E-state index in [1.54, 1.807) is 35.2 Å². The summed E-state index contributed by atoms with van der Waals surface area (Å²) in [6.45, 7) is 0.209. The van der Waals surface area contributed by atoms with Gasteiger partial charge in [-0.15, -0.1) is 0 Å². The molecule has 3 rings (SSSR count). The fourth-order valence-corrected chi connectivity index (χ4v) is 4.82. The molecule has 0 spiro atoms. The van der Waals surface area contributed by atoms with Crippen LogP contribution in [0.3, 0.4) is 0 Å². The maximum Gasteiger partial charge on any atom is 0.254 e. The van der Waals surface area contributed by atoms with Gasteiger partial charge in [-0.1, -0.05) is 0 Å². The molecule has 1 aliphatic heterocycles. The topological polar surface area (TPSA) is 86.0 Å². The standard InChI is InChI=1S/C18H21NO6S/c1-23-16-6-5-13(10-17(16)24-2)18(20)19(11-15-4-3-8-25-15)14-7-9-26(21,22)12-14/h3-6,8,10,14H,7,9,11-12H2,1-2H3. The Balaban J connectivity index is 1.91. The predicted octanol–water partition coefficient (Wildman–Crippen LogP) is 2.13. The van der Waals surface area contributed by atoms with Crippen molar-refractivity contribution in [2.24, 2.45) is 0 Å². The second kappa shape index (κ2) is 7.41. The van der Waals surface area contributed by atoms with Crippen molar-refractivity contribution in [3.05, 3.63) is 47.9 Å². The minimum Gasteiger partial charge on any atom is -0.493 e. The number of amides is 1. The van der Waals surface area contributed by atoms with E-state index in [9.17, 15) is 13.2 Å². The van der Waals surface area contributed by atoms with Crippen LogP contribution in [0.4, 0.5) is 0 Å². The Morgan fingerprint density at radius 1 is 1.23 bits per heavy atom. The summed E-state index contributed by atoms with van der Waals surface area (Å²) < 4.78 is 39.6. The van der Waals surface area contributed by atoms with Gasteiger partial charge in [0.15, 0.2) is 21.3 Å². The number of methoxy groups -OCH3 is 2. The van der Waals surface area contributed by atoms with Gasteiger partial charge in [0.05, 0.1) is 38.5 Å². The molecule has 0 bridgehead atoms. The Bertz CT molecular complexity index is 875. The lowest BCUT2D eigenvalue weighted by Gasteiger charge is -2.27. The molecule has 2 heterocycles. The molecule has 0 radical (unpaired) electrons. The number of carbonyl (C=O) groups is 1. The lowest BCUT2D eigenvalue weighted by atomic mass is 10.1. The summed E-state index contributed by atoms with van der Waals surface area (Å²) >= 11 is 0. The zero-order chi connectivity index (χ0) is 18.7. The third-order valence-electron chi connectivity index (χ3n) is 4.45. The zero-order valence-electron chi connectivity index (χ0n) is 14.7. The Morgan fingerprint density at radius 3 is 2.58 bits per heavy atom. The molecular formula is C18H21NO6S. The fraction of sp³-hybridized carbons (Fsp3) is 0.389. The molecule has 1 saturated heterocycles. The SMILES string of the molecule is COc1ccc(C(=O)N(Cc2ccco2)C2CCS(=O)(=O)C2)cc1OC. The number of furan rings is 1. The van der Waals surface area contributed by atoms with E-state index in [1.165, 1.54) is 20.5 Å². The van der Waals surface area contributed by atoms with Crippen LogP contribution in [0, 0.1) is 0 Å². The quantitative estimate of drug-likeness (QED) is 0.764. The van der Waals surface area contributed by atoms with Crippen LogP contribution >= 0.6 is 0 Å². The van der Waals surface area contributed by atoms with Crippen molar-refractivity contribution in [2.75, 3.05) is 25.7 Å². The highest BCUT2D eigenvalue weighted by molar-refractivity contribution is 7.91. The second-order valence-corrected chi connectivity index (χ2v) is 8.37. The summed E-state index contributed by atoms with van der Waals surface area (Å²) in [5.41, 5.74) is 0.401. The van der Waals surface area contributed by atoms with Gasteiger partial charge in [0.1, 0.15) is 5.76 Å². The Morgan fingerprint density at radius 2 is 2.00 bits per heavy atom. The molecule has 7 nitrogen and oxygen atoms in total. The lowest BCUT2D eigenvalue weighted by molar-refractivity contribution is 0.0665. The summed E-state index contributed by atoms with van der Waals surface area (Å²) in [6.07, 6.45) is 1.95. The first kappa shape index (κ1) is 18.3. The average Bonchev–Trinajstić information content (AvgIpc) is 3.27. The average molecular weight is 379 g/mol. The first-order valence-corrected chi connectivity index (χ1v) is 10.0. The number of rotatable bonds is 6. The smallest absolute Gasteiger partial charge is 0.254 e. The van der Waals surface area contributed by atoms with Crippen LogP contribution in [0.1, 0.15) is 22.5 Å². The highest BCUT2D eigenvalue weighted by atomic mass is 32.2. The molecule has 1 amide bonds. The van der Waals surface area contributed by atoms with Gasteiger partial charge >= 0.3 is 0 Å². The molecule has 140 valence electrons. The Hall–Kier alpha value is -2.48. The minimum atomic E-state index is -3.13. The van der Waals surface area contributed by atoms with Crippen LogP contribution in [0.25, 0.3) is 0 Å². The van der Waals surface area contributed by atoms with E-state index >= 15 is 0 Å². The number of benzene rings is 1. The van der Waals surface area contributed by atoms with E-state index in [1.807, 2.05) is 0 Å². The molecule has 0 N–H and O–H groups in total. The van der Waals surface area contributed by atoms with Crippen molar-refractivity contribution < 1.29 is 27.1 Å². The third kappa shape index (κ3) is 3.85. The molecule has 1 unspecified atom stereocenters. The van der Waals surface area contributed by atoms with Crippen molar-refractivity contribution >= 4 is 15.7 Å².